The van der Waals surface area contributed by atoms with Crippen molar-refractivity contribution in [3.05, 3.63) is 81.1 Å². The van der Waals surface area contributed by atoms with Crippen LogP contribution < -0.4 is 11.0 Å². The highest BCUT2D eigenvalue weighted by Crippen LogP contribution is 2.29. The number of anilines is 1. The maximum Gasteiger partial charge on any atom is 0.349 e. The highest BCUT2D eigenvalue weighted by molar-refractivity contribution is 8.00. The van der Waals surface area contributed by atoms with Crippen molar-refractivity contribution >= 4 is 35.0 Å². The van der Waals surface area contributed by atoms with Gasteiger partial charge in [-0.1, -0.05) is 23.4 Å². The molecular formula is C22H21ClN4O2S. The molecule has 0 aliphatic heterocycles. The fraction of sp³-hybridized carbons (Fsp3) is 0.273. The van der Waals surface area contributed by atoms with Crippen molar-refractivity contribution in [3.8, 4) is 0 Å². The van der Waals surface area contributed by atoms with Gasteiger partial charge in [0.1, 0.15) is 5.03 Å². The van der Waals surface area contributed by atoms with Gasteiger partial charge in [-0.15, -0.1) is 0 Å². The molecule has 0 unspecified atom stereocenters. The first-order chi connectivity index (χ1) is 14.6. The van der Waals surface area contributed by atoms with E-state index in [4.69, 9.17) is 11.6 Å². The Kier molecular flexibility index (Phi) is 6.50. The topological polar surface area (TPSA) is 76.9 Å². The first-order valence-electron chi connectivity index (χ1n) is 9.80. The summed E-state index contributed by atoms with van der Waals surface area (Å²) in [5.41, 5.74) is 3.57. The Hall–Kier alpha value is -2.64. The summed E-state index contributed by atoms with van der Waals surface area (Å²) in [7, 11) is 0. The van der Waals surface area contributed by atoms with Gasteiger partial charge >= 0.3 is 5.69 Å². The molecule has 1 aliphatic carbocycles. The number of thioether (sulfide) groups is 1. The summed E-state index contributed by atoms with van der Waals surface area (Å²) < 4.78 is 1.77. The quantitative estimate of drug-likeness (QED) is 0.464. The Morgan fingerprint density at radius 2 is 1.83 bits per heavy atom. The van der Waals surface area contributed by atoms with Crippen LogP contribution in [0, 0.1) is 0 Å². The summed E-state index contributed by atoms with van der Waals surface area (Å²) in [5.74, 6) is 0.0465. The second-order valence-corrected chi connectivity index (χ2v) is 8.52. The Bertz CT molecular complexity index is 1100. The normalized spacial score (nSPS) is 13.0. The maximum absolute atomic E-state index is 12.8. The third-order valence-electron chi connectivity index (χ3n) is 5.01. The molecule has 1 aliphatic rings. The van der Waals surface area contributed by atoms with Crippen molar-refractivity contribution in [2.24, 2.45) is 0 Å². The van der Waals surface area contributed by atoms with Gasteiger partial charge in [0, 0.05) is 34.4 Å². The lowest BCUT2D eigenvalue weighted by Crippen LogP contribution is -2.30. The predicted molar refractivity (Wildman–Crippen MR) is 119 cm³/mol. The number of hydrogen-bond donors (Lipinski definition) is 1. The highest BCUT2D eigenvalue weighted by atomic mass is 35.5. The first kappa shape index (κ1) is 20.6. The number of aromatic nitrogens is 3. The molecule has 0 spiro atoms. The van der Waals surface area contributed by atoms with Crippen LogP contribution in [0.4, 0.5) is 5.69 Å². The van der Waals surface area contributed by atoms with Crippen molar-refractivity contribution in [1.29, 1.82) is 0 Å². The van der Waals surface area contributed by atoms with Gasteiger partial charge < -0.3 is 5.32 Å². The summed E-state index contributed by atoms with van der Waals surface area (Å²) in [5, 5.41) is 4.13. The third-order valence-corrected chi connectivity index (χ3v) is 6.28. The zero-order valence-electron chi connectivity index (χ0n) is 16.3. The molecular weight excluding hydrogens is 420 g/mol. The summed E-state index contributed by atoms with van der Waals surface area (Å²) >= 11 is 7.20. The molecule has 4 rings (SSSR count). The molecule has 2 heterocycles. The zero-order valence-corrected chi connectivity index (χ0v) is 17.9. The summed E-state index contributed by atoms with van der Waals surface area (Å²) in [4.78, 5) is 33.5. The largest absolute Gasteiger partial charge is 0.349 e. The van der Waals surface area contributed by atoms with Crippen LogP contribution in [-0.2, 0) is 24.2 Å². The molecule has 0 atom stereocenters. The molecule has 0 bridgehead atoms. The molecule has 1 aromatic carbocycles. The van der Waals surface area contributed by atoms with E-state index in [1.54, 1.807) is 41.2 Å². The number of benzene rings is 1. The molecule has 3 aromatic rings. The SMILES string of the molecule is O=C(CSc1nc(=O)n(Cc2ccncc2)c2c1CCCC2)Nc1ccc(Cl)cc1. The van der Waals surface area contributed by atoms with Crippen molar-refractivity contribution in [3.63, 3.8) is 0 Å². The number of nitrogens with zero attached hydrogens (tertiary/aromatic N) is 3. The predicted octanol–water partition coefficient (Wildman–Crippen LogP) is 3.95. The molecule has 0 saturated carbocycles. The standard InChI is InChI=1S/C22H21ClN4O2S/c23-16-5-7-17(8-6-16)25-20(28)14-30-21-18-3-1-2-4-19(18)27(22(29)26-21)13-15-9-11-24-12-10-15/h5-12H,1-4,13-14H2,(H,25,28). The van der Waals surface area contributed by atoms with E-state index in [9.17, 15) is 9.59 Å². The van der Waals surface area contributed by atoms with E-state index in [1.165, 1.54) is 11.8 Å². The number of carbonyl (C=O) groups is 1. The lowest BCUT2D eigenvalue weighted by Gasteiger charge is -2.22. The Labute approximate surface area is 183 Å². The van der Waals surface area contributed by atoms with E-state index < -0.39 is 0 Å². The van der Waals surface area contributed by atoms with E-state index in [-0.39, 0.29) is 17.3 Å². The van der Waals surface area contributed by atoms with Gasteiger partial charge in [-0.25, -0.2) is 4.79 Å². The number of rotatable bonds is 6. The Morgan fingerprint density at radius 1 is 1.10 bits per heavy atom. The van der Waals surface area contributed by atoms with E-state index in [1.807, 2.05) is 12.1 Å². The smallest absolute Gasteiger partial charge is 0.325 e. The maximum atomic E-state index is 12.8. The molecule has 2 aromatic heterocycles. The molecule has 0 saturated heterocycles. The van der Waals surface area contributed by atoms with Gasteiger partial charge in [-0.2, -0.15) is 4.98 Å². The van der Waals surface area contributed by atoms with Crippen LogP contribution in [0.2, 0.25) is 5.02 Å². The summed E-state index contributed by atoms with van der Waals surface area (Å²) in [6.45, 7) is 0.485. The van der Waals surface area contributed by atoms with Gasteiger partial charge in [0.25, 0.3) is 0 Å². The van der Waals surface area contributed by atoms with Gasteiger partial charge in [-0.05, 0) is 67.6 Å². The number of amides is 1. The van der Waals surface area contributed by atoms with Crippen molar-refractivity contribution < 1.29 is 4.79 Å². The number of halogens is 1. The van der Waals surface area contributed by atoms with Gasteiger partial charge in [0.05, 0.1) is 12.3 Å². The number of fused-ring (bicyclic) bond motifs is 1. The van der Waals surface area contributed by atoms with Crippen molar-refractivity contribution in [2.75, 3.05) is 11.1 Å². The monoisotopic (exact) mass is 440 g/mol. The summed E-state index contributed by atoms with van der Waals surface area (Å²) in [6.07, 6.45) is 7.29. The fourth-order valence-electron chi connectivity index (χ4n) is 3.57. The Balaban J connectivity index is 1.52. The minimum Gasteiger partial charge on any atom is -0.325 e. The van der Waals surface area contributed by atoms with Crippen LogP contribution >= 0.6 is 23.4 Å². The zero-order chi connectivity index (χ0) is 20.9. The van der Waals surface area contributed by atoms with Crippen LogP contribution in [0.15, 0.2) is 58.6 Å². The first-order valence-corrected chi connectivity index (χ1v) is 11.2. The molecule has 154 valence electrons. The van der Waals surface area contributed by atoms with Crippen molar-refractivity contribution in [1.82, 2.24) is 14.5 Å². The molecule has 0 fully saturated rings. The lowest BCUT2D eigenvalue weighted by molar-refractivity contribution is -0.113. The van der Waals surface area contributed by atoms with Gasteiger partial charge in [-0.3, -0.25) is 14.3 Å². The van der Waals surface area contributed by atoms with Gasteiger partial charge in [0.2, 0.25) is 5.91 Å². The average Bonchev–Trinajstić information content (AvgIpc) is 2.77. The molecule has 1 amide bonds. The van der Waals surface area contributed by atoms with Crippen LogP contribution in [0.1, 0.15) is 29.7 Å². The van der Waals surface area contributed by atoms with E-state index in [0.717, 1.165) is 42.5 Å². The van der Waals surface area contributed by atoms with E-state index >= 15 is 0 Å². The molecule has 30 heavy (non-hydrogen) atoms. The second-order valence-electron chi connectivity index (χ2n) is 7.12. The summed E-state index contributed by atoms with van der Waals surface area (Å²) in [6, 6.07) is 10.8. The van der Waals surface area contributed by atoms with Crippen LogP contribution in [0.3, 0.4) is 0 Å². The van der Waals surface area contributed by atoms with Crippen molar-refractivity contribution in [2.45, 2.75) is 37.3 Å². The molecule has 8 heteroatoms. The number of hydrogen-bond acceptors (Lipinski definition) is 5. The van der Waals surface area contributed by atoms with Gasteiger partial charge in [0.15, 0.2) is 0 Å². The Morgan fingerprint density at radius 3 is 2.60 bits per heavy atom. The minimum absolute atomic E-state index is 0.144. The number of pyridine rings is 1. The second kappa shape index (κ2) is 9.45. The third kappa shape index (κ3) is 4.91. The lowest BCUT2D eigenvalue weighted by atomic mass is 9.97. The van der Waals surface area contributed by atoms with Crippen LogP contribution in [0.5, 0.6) is 0 Å². The van der Waals surface area contributed by atoms with Crippen LogP contribution in [0.25, 0.3) is 0 Å². The highest BCUT2D eigenvalue weighted by Gasteiger charge is 2.21. The number of carbonyl (C=O) groups excluding carboxylic acids is 1. The molecule has 0 radical (unpaired) electrons. The number of nitrogens with one attached hydrogen (secondary N) is 1. The van der Waals surface area contributed by atoms with Crippen LogP contribution in [-0.4, -0.2) is 26.2 Å². The molecule has 1 N–H and O–H groups in total. The fourth-order valence-corrected chi connectivity index (χ4v) is 4.57. The average molecular weight is 441 g/mol. The van der Waals surface area contributed by atoms with E-state index in [0.29, 0.717) is 22.3 Å². The molecule has 6 nitrogen and oxygen atoms in total. The minimum atomic E-state index is -0.270. The van der Waals surface area contributed by atoms with E-state index in [2.05, 4.69) is 15.3 Å².